The Morgan fingerprint density at radius 2 is 2.17 bits per heavy atom. The van der Waals surface area contributed by atoms with Crippen LogP contribution in [0.4, 0.5) is 5.82 Å². The quantitative estimate of drug-likeness (QED) is 0.636. The largest absolute Gasteiger partial charge is 0.383 e. The Balaban J connectivity index is 1.88. The summed E-state index contributed by atoms with van der Waals surface area (Å²) >= 11 is 3.61. The molecule has 0 radical (unpaired) electrons. The Bertz CT molecular complexity index is 839. The van der Waals surface area contributed by atoms with E-state index in [0.717, 1.165) is 52.6 Å². The molecule has 5 N–H and O–H groups in total. The van der Waals surface area contributed by atoms with E-state index >= 15 is 0 Å². The minimum Gasteiger partial charge on any atom is -0.383 e. The summed E-state index contributed by atoms with van der Waals surface area (Å²) in [5.41, 5.74) is 16.0. The number of rotatable bonds is 2. The Morgan fingerprint density at radius 1 is 1.30 bits per heavy atom. The second kappa shape index (κ2) is 5.61. The summed E-state index contributed by atoms with van der Waals surface area (Å²) in [5, 5.41) is 11.2. The van der Waals surface area contributed by atoms with E-state index in [1.807, 2.05) is 6.20 Å². The number of aromatic nitrogens is 5. The summed E-state index contributed by atoms with van der Waals surface area (Å²) in [5.74, 6) is 0.895. The van der Waals surface area contributed by atoms with Gasteiger partial charge in [0.2, 0.25) is 0 Å². The molecule has 2 unspecified atom stereocenters. The maximum atomic E-state index is 6.29. The van der Waals surface area contributed by atoms with Gasteiger partial charge in [-0.15, -0.1) is 0 Å². The molecule has 1 aliphatic carbocycles. The van der Waals surface area contributed by atoms with Crippen molar-refractivity contribution in [1.82, 2.24) is 24.8 Å². The fraction of sp³-hybridized carbons (Fsp3) is 0.400. The number of anilines is 1. The molecule has 8 heteroatoms. The normalized spacial score (nSPS) is 21.8. The van der Waals surface area contributed by atoms with Crippen molar-refractivity contribution in [3.8, 4) is 11.1 Å². The third-order valence-electron chi connectivity index (χ3n) is 4.56. The van der Waals surface area contributed by atoms with Crippen LogP contribution in [0.5, 0.6) is 0 Å². The van der Waals surface area contributed by atoms with Gasteiger partial charge in [-0.3, -0.25) is 5.10 Å². The minimum atomic E-state index is 0.234. The SMILES string of the molecule is Nc1c(Br)c(C2CCCC(N)C2)nc2c(-c3cn[nH]c3)cnn12. The smallest absolute Gasteiger partial charge is 0.165 e. The second-order valence-electron chi connectivity index (χ2n) is 6.10. The van der Waals surface area contributed by atoms with Gasteiger partial charge in [0.1, 0.15) is 5.82 Å². The molecule has 1 saturated carbocycles. The van der Waals surface area contributed by atoms with Crippen molar-refractivity contribution in [3.05, 3.63) is 28.8 Å². The number of fused-ring (bicyclic) bond motifs is 1. The molecular formula is C15H18BrN7. The van der Waals surface area contributed by atoms with Gasteiger partial charge < -0.3 is 11.5 Å². The third kappa shape index (κ3) is 2.42. The molecule has 4 rings (SSSR count). The molecule has 23 heavy (non-hydrogen) atoms. The number of aromatic amines is 1. The summed E-state index contributed by atoms with van der Waals surface area (Å²) in [6, 6.07) is 0.234. The van der Waals surface area contributed by atoms with Gasteiger partial charge in [0.25, 0.3) is 0 Å². The molecular weight excluding hydrogens is 358 g/mol. The van der Waals surface area contributed by atoms with Crippen LogP contribution >= 0.6 is 15.9 Å². The van der Waals surface area contributed by atoms with Gasteiger partial charge in [-0.1, -0.05) is 6.42 Å². The standard InChI is InChI=1S/C15H18BrN7/c16-12-13(8-2-1-3-10(17)4-8)22-15-11(9-5-19-20-6-9)7-21-23(15)14(12)18/h5-8,10H,1-4,17-18H2,(H,19,20). The lowest BCUT2D eigenvalue weighted by Crippen LogP contribution is -2.27. The molecule has 7 nitrogen and oxygen atoms in total. The van der Waals surface area contributed by atoms with E-state index in [0.29, 0.717) is 11.7 Å². The van der Waals surface area contributed by atoms with Crippen molar-refractivity contribution in [3.63, 3.8) is 0 Å². The topological polar surface area (TPSA) is 111 Å². The molecule has 0 aromatic carbocycles. The lowest BCUT2D eigenvalue weighted by Gasteiger charge is -2.27. The molecule has 120 valence electrons. The van der Waals surface area contributed by atoms with Gasteiger partial charge in [0.05, 0.1) is 22.6 Å². The zero-order valence-corrected chi connectivity index (χ0v) is 14.1. The molecule has 0 aliphatic heterocycles. The maximum absolute atomic E-state index is 6.29. The van der Waals surface area contributed by atoms with E-state index in [1.54, 1.807) is 16.9 Å². The maximum Gasteiger partial charge on any atom is 0.165 e. The molecule has 3 aromatic rings. The average molecular weight is 376 g/mol. The van der Waals surface area contributed by atoms with Crippen LogP contribution in [0, 0.1) is 0 Å². The number of hydrogen-bond donors (Lipinski definition) is 3. The molecule has 2 atom stereocenters. The predicted molar refractivity (Wildman–Crippen MR) is 91.9 cm³/mol. The van der Waals surface area contributed by atoms with Crippen LogP contribution in [-0.2, 0) is 0 Å². The molecule has 1 aliphatic rings. The monoisotopic (exact) mass is 375 g/mol. The van der Waals surface area contributed by atoms with Crippen molar-refractivity contribution in [2.45, 2.75) is 37.6 Å². The Labute approximate surface area is 141 Å². The number of nitrogens with zero attached hydrogens (tertiary/aromatic N) is 4. The highest BCUT2D eigenvalue weighted by Gasteiger charge is 2.26. The number of nitrogen functional groups attached to an aromatic ring is 1. The van der Waals surface area contributed by atoms with Crippen LogP contribution in [0.2, 0.25) is 0 Å². The van der Waals surface area contributed by atoms with E-state index in [2.05, 4.69) is 31.2 Å². The molecule has 3 heterocycles. The molecule has 3 aromatic heterocycles. The van der Waals surface area contributed by atoms with Crippen LogP contribution < -0.4 is 11.5 Å². The van der Waals surface area contributed by atoms with Crippen molar-refractivity contribution < 1.29 is 0 Å². The van der Waals surface area contributed by atoms with Crippen LogP contribution in [0.3, 0.4) is 0 Å². The van der Waals surface area contributed by atoms with Crippen LogP contribution in [0.1, 0.15) is 37.3 Å². The summed E-state index contributed by atoms with van der Waals surface area (Å²) in [7, 11) is 0. The van der Waals surface area contributed by atoms with E-state index in [4.69, 9.17) is 16.5 Å². The van der Waals surface area contributed by atoms with Crippen molar-refractivity contribution in [1.29, 1.82) is 0 Å². The molecule has 0 saturated heterocycles. The fourth-order valence-electron chi connectivity index (χ4n) is 3.36. The Kier molecular flexibility index (Phi) is 3.57. The second-order valence-corrected chi connectivity index (χ2v) is 6.89. The van der Waals surface area contributed by atoms with Crippen LogP contribution in [-0.4, -0.2) is 30.8 Å². The summed E-state index contributed by atoms with van der Waals surface area (Å²) in [6.07, 6.45) is 9.59. The van der Waals surface area contributed by atoms with Crippen molar-refractivity contribution >= 4 is 27.4 Å². The lowest BCUT2D eigenvalue weighted by molar-refractivity contribution is 0.387. The van der Waals surface area contributed by atoms with Gasteiger partial charge in [-0.05, 0) is 35.2 Å². The van der Waals surface area contributed by atoms with Crippen LogP contribution in [0.25, 0.3) is 16.8 Å². The summed E-state index contributed by atoms with van der Waals surface area (Å²) in [4.78, 5) is 4.89. The van der Waals surface area contributed by atoms with E-state index in [1.165, 1.54) is 0 Å². The minimum absolute atomic E-state index is 0.234. The first-order valence-corrected chi connectivity index (χ1v) is 8.51. The van der Waals surface area contributed by atoms with Crippen molar-refractivity contribution in [2.24, 2.45) is 5.73 Å². The first-order chi connectivity index (χ1) is 11.1. The highest BCUT2D eigenvalue weighted by molar-refractivity contribution is 9.10. The third-order valence-corrected chi connectivity index (χ3v) is 5.37. The summed E-state index contributed by atoms with van der Waals surface area (Å²) < 4.78 is 2.49. The Hall–Kier alpha value is -1.93. The van der Waals surface area contributed by atoms with E-state index in [-0.39, 0.29) is 6.04 Å². The van der Waals surface area contributed by atoms with Crippen LogP contribution in [0.15, 0.2) is 23.1 Å². The zero-order valence-electron chi connectivity index (χ0n) is 12.5. The number of nitrogens with one attached hydrogen (secondary N) is 1. The fourth-order valence-corrected chi connectivity index (χ4v) is 3.94. The van der Waals surface area contributed by atoms with Gasteiger partial charge in [0.15, 0.2) is 5.65 Å². The summed E-state index contributed by atoms with van der Waals surface area (Å²) in [6.45, 7) is 0. The molecule has 0 spiro atoms. The average Bonchev–Trinajstić information content (AvgIpc) is 3.19. The van der Waals surface area contributed by atoms with E-state index in [9.17, 15) is 0 Å². The first kappa shape index (κ1) is 14.6. The highest BCUT2D eigenvalue weighted by Crippen LogP contribution is 2.38. The zero-order chi connectivity index (χ0) is 16.0. The number of nitrogens with two attached hydrogens (primary N) is 2. The predicted octanol–water partition coefficient (Wildman–Crippen LogP) is 2.45. The Morgan fingerprint density at radius 3 is 2.91 bits per heavy atom. The number of H-pyrrole nitrogens is 1. The molecule has 1 fully saturated rings. The van der Waals surface area contributed by atoms with E-state index < -0.39 is 0 Å². The molecule has 0 amide bonds. The highest BCUT2D eigenvalue weighted by atomic mass is 79.9. The first-order valence-electron chi connectivity index (χ1n) is 7.72. The van der Waals surface area contributed by atoms with Gasteiger partial charge in [0, 0.05) is 29.3 Å². The van der Waals surface area contributed by atoms with Gasteiger partial charge >= 0.3 is 0 Å². The van der Waals surface area contributed by atoms with Gasteiger partial charge in [-0.25, -0.2) is 4.98 Å². The number of halogens is 1. The lowest BCUT2D eigenvalue weighted by atomic mass is 9.84. The number of hydrogen-bond acceptors (Lipinski definition) is 5. The van der Waals surface area contributed by atoms with Crippen molar-refractivity contribution in [2.75, 3.05) is 5.73 Å². The van der Waals surface area contributed by atoms with Gasteiger partial charge in [-0.2, -0.15) is 14.7 Å². The molecule has 0 bridgehead atoms.